The minimum Gasteiger partial charge on any atom is -0.309 e. The third-order valence-electron chi connectivity index (χ3n) is 9.91. The maximum absolute atomic E-state index is 4.80. The van der Waals surface area contributed by atoms with Gasteiger partial charge < -0.3 is 9.13 Å². The van der Waals surface area contributed by atoms with E-state index in [1.54, 1.807) is 0 Å². The molecule has 0 unspecified atom stereocenters. The molecule has 50 heavy (non-hydrogen) atoms. The molecule has 0 spiro atoms. The van der Waals surface area contributed by atoms with Crippen LogP contribution in [0.3, 0.4) is 0 Å². The van der Waals surface area contributed by atoms with Gasteiger partial charge in [0.25, 0.3) is 0 Å². The van der Waals surface area contributed by atoms with Crippen LogP contribution in [-0.4, -0.2) is 36.8 Å². The Kier molecular flexibility index (Phi) is 6.52. The molecule has 0 atom stereocenters. The van der Waals surface area contributed by atoms with E-state index in [1.807, 2.05) is 43.1 Å². The molecule has 1 aliphatic heterocycles. The first-order valence-corrected chi connectivity index (χ1v) is 16.9. The Morgan fingerprint density at radius 1 is 0.460 bits per heavy atom. The molecule has 236 valence electrons. The SMILES string of the molecule is C1=NCCc2c1n(-c1ccc(-c3ccc(-c4ccc(-c5ccc(-n6c7ccccc7c7cnccc76)cc5)cn4)nc3)cc1)c1ccccc21. The largest absolute Gasteiger partial charge is 0.309 e. The van der Waals surface area contributed by atoms with Crippen LogP contribution in [0.2, 0.25) is 0 Å². The van der Waals surface area contributed by atoms with E-state index in [2.05, 4.69) is 134 Å². The molecule has 6 heteroatoms. The number of hydrogen-bond donors (Lipinski definition) is 0. The minimum atomic E-state index is 0.845. The van der Waals surface area contributed by atoms with E-state index in [-0.39, 0.29) is 0 Å². The van der Waals surface area contributed by atoms with Crippen LogP contribution in [-0.2, 0) is 6.42 Å². The van der Waals surface area contributed by atoms with Crippen molar-refractivity contribution >= 4 is 38.9 Å². The highest BCUT2D eigenvalue weighted by atomic mass is 15.0. The van der Waals surface area contributed by atoms with Gasteiger partial charge in [0.15, 0.2) is 0 Å². The van der Waals surface area contributed by atoms with Crippen molar-refractivity contribution in [3.8, 4) is 45.0 Å². The van der Waals surface area contributed by atoms with Crippen molar-refractivity contribution in [1.82, 2.24) is 24.1 Å². The lowest BCUT2D eigenvalue weighted by molar-refractivity contribution is 0.940. The molecule has 6 heterocycles. The van der Waals surface area contributed by atoms with Crippen molar-refractivity contribution in [2.45, 2.75) is 6.42 Å². The quantitative estimate of drug-likeness (QED) is 0.188. The number of benzene rings is 4. The van der Waals surface area contributed by atoms with Gasteiger partial charge in [-0.3, -0.25) is 19.9 Å². The van der Waals surface area contributed by atoms with Gasteiger partial charge in [-0.15, -0.1) is 0 Å². The summed E-state index contributed by atoms with van der Waals surface area (Å²) < 4.78 is 4.62. The maximum Gasteiger partial charge on any atom is 0.0886 e. The number of hydrogen-bond acceptors (Lipinski definition) is 4. The molecule has 5 aromatic heterocycles. The summed E-state index contributed by atoms with van der Waals surface area (Å²) in [6.07, 6.45) is 10.7. The van der Waals surface area contributed by atoms with Gasteiger partial charge in [0, 0.05) is 76.2 Å². The summed E-state index contributed by atoms with van der Waals surface area (Å²) in [6.45, 7) is 0.847. The molecule has 0 amide bonds. The standard InChI is InChI=1S/C44H30N6/c1-3-7-41-35(5-1)37-21-23-46-28-44(37)50(41)34-17-11-30(12-18-34)32-14-20-40(48-26-32)39-19-13-31(25-47-39)29-9-15-33(16-10-29)49-42-8-4-2-6-36(42)38-27-45-24-22-43(38)49/h1-20,22,24-28H,21,23H2. The van der Waals surface area contributed by atoms with Gasteiger partial charge in [-0.1, -0.05) is 72.8 Å². The fourth-order valence-electron chi connectivity index (χ4n) is 7.46. The number of pyridine rings is 3. The summed E-state index contributed by atoms with van der Waals surface area (Å²) >= 11 is 0. The lowest BCUT2D eigenvalue weighted by Crippen LogP contribution is -2.06. The summed E-state index contributed by atoms with van der Waals surface area (Å²) in [5, 5.41) is 3.67. The van der Waals surface area contributed by atoms with Crippen molar-refractivity contribution in [3.05, 3.63) is 163 Å². The zero-order chi connectivity index (χ0) is 33.0. The topological polar surface area (TPSA) is 60.9 Å². The molecule has 10 rings (SSSR count). The van der Waals surface area contributed by atoms with Crippen LogP contribution in [0.25, 0.3) is 77.7 Å². The monoisotopic (exact) mass is 642 g/mol. The Balaban J connectivity index is 0.888. The Hall–Kier alpha value is -6.66. The number of fused-ring (bicyclic) bond motifs is 6. The lowest BCUT2D eigenvalue weighted by atomic mass is 10.1. The van der Waals surface area contributed by atoms with Gasteiger partial charge in [-0.05, 0) is 77.7 Å². The molecule has 4 aromatic carbocycles. The second-order valence-electron chi connectivity index (χ2n) is 12.7. The third kappa shape index (κ3) is 4.57. The van der Waals surface area contributed by atoms with Gasteiger partial charge in [0.2, 0.25) is 0 Å². The Bertz CT molecular complexity index is 2660. The molecule has 0 bridgehead atoms. The van der Waals surface area contributed by atoms with Gasteiger partial charge >= 0.3 is 0 Å². The number of para-hydroxylation sites is 2. The van der Waals surface area contributed by atoms with Gasteiger partial charge in [0.1, 0.15) is 0 Å². The molecule has 9 aromatic rings. The van der Waals surface area contributed by atoms with E-state index in [9.17, 15) is 0 Å². The molecule has 6 nitrogen and oxygen atoms in total. The number of rotatable bonds is 5. The summed E-state index contributed by atoms with van der Waals surface area (Å²) in [5.74, 6) is 0. The van der Waals surface area contributed by atoms with Crippen LogP contribution >= 0.6 is 0 Å². The fourth-order valence-corrected chi connectivity index (χ4v) is 7.46. The number of aliphatic imine (C=N–C) groups is 1. The van der Waals surface area contributed by atoms with Crippen LogP contribution in [0.1, 0.15) is 11.3 Å². The molecule has 0 N–H and O–H groups in total. The molecular formula is C44H30N6. The average Bonchev–Trinajstić information content (AvgIpc) is 3.71. The van der Waals surface area contributed by atoms with Crippen molar-refractivity contribution in [2.75, 3.05) is 6.54 Å². The zero-order valence-corrected chi connectivity index (χ0v) is 27.1. The highest BCUT2D eigenvalue weighted by Gasteiger charge is 2.19. The molecule has 1 aliphatic rings. The van der Waals surface area contributed by atoms with E-state index < -0.39 is 0 Å². The van der Waals surface area contributed by atoms with E-state index in [0.717, 1.165) is 68.9 Å². The molecular weight excluding hydrogens is 613 g/mol. The van der Waals surface area contributed by atoms with E-state index in [0.29, 0.717) is 0 Å². The second kappa shape index (κ2) is 11.5. The second-order valence-corrected chi connectivity index (χ2v) is 12.7. The molecule has 0 saturated heterocycles. The number of nitrogens with zero attached hydrogens (tertiary/aromatic N) is 6. The average molecular weight is 643 g/mol. The molecule has 0 saturated carbocycles. The van der Waals surface area contributed by atoms with E-state index in [1.165, 1.54) is 33.1 Å². The van der Waals surface area contributed by atoms with Crippen molar-refractivity contribution in [2.24, 2.45) is 4.99 Å². The van der Waals surface area contributed by atoms with Crippen LogP contribution in [0.4, 0.5) is 0 Å². The van der Waals surface area contributed by atoms with Crippen LogP contribution < -0.4 is 0 Å². The highest BCUT2D eigenvalue weighted by Crippen LogP contribution is 2.34. The maximum atomic E-state index is 4.80. The van der Waals surface area contributed by atoms with Gasteiger partial charge in [-0.2, -0.15) is 0 Å². The predicted molar refractivity (Wildman–Crippen MR) is 203 cm³/mol. The Labute approximate surface area is 288 Å². The van der Waals surface area contributed by atoms with Crippen LogP contribution in [0.5, 0.6) is 0 Å². The summed E-state index contributed by atoms with van der Waals surface area (Å²) in [5.41, 5.74) is 14.4. The highest BCUT2D eigenvalue weighted by molar-refractivity contribution is 6.08. The summed E-state index contributed by atoms with van der Waals surface area (Å²) in [6, 6.07) is 44.9. The smallest absolute Gasteiger partial charge is 0.0886 e. The Morgan fingerprint density at radius 2 is 1.02 bits per heavy atom. The lowest BCUT2D eigenvalue weighted by Gasteiger charge is -2.12. The normalized spacial score (nSPS) is 12.6. The van der Waals surface area contributed by atoms with Crippen LogP contribution in [0.15, 0.2) is 157 Å². The minimum absolute atomic E-state index is 0.845. The fraction of sp³-hybridized carbons (Fsp3) is 0.0455. The van der Waals surface area contributed by atoms with E-state index >= 15 is 0 Å². The summed E-state index contributed by atoms with van der Waals surface area (Å²) in [4.78, 5) is 18.5. The van der Waals surface area contributed by atoms with Gasteiger partial charge in [-0.25, -0.2) is 0 Å². The molecule has 0 aliphatic carbocycles. The number of aromatic nitrogens is 5. The van der Waals surface area contributed by atoms with Crippen molar-refractivity contribution in [1.29, 1.82) is 0 Å². The first kappa shape index (κ1) is 28.4. The molecule has 0 radical (unpaired) electrons. The molecule has 0 fully saturated rings. The van der Waals surface area contributed by atoms with Crippen LogP contribution in [0, 0.1) is 0 Å². The van der Waals surface area contributed by atoms with Gasteiger partial charge in [0.05, 0.1) is 33.6 Å². The Morgan fingerprint density at radius 3 is 1.66 bits per heavy atom. The first-order valence-electron chi connectivity index (χ1n) is 16.9. The predicted octanol–water partition coefficient (Wildman–Crippen LogP) is 9.89. The zero-order valence-electron chi connectivity index (χ0n) is 27.1. The third-order valence-corrected chi connectivity index (χ3v) is 9.91. The van der Waals surface area contributed by atoms with E-state index in [4.69, 9.17) is 9.97 Å². The van der Waals surface area contributed by atoms with Crippen molar-refractivity contribution in [3.63, 3.8) is 0 Å². The van der Waals surface area contributed by atoms with Crippen molar-refractivity contribution < 1.29 is 0 Å². The summed E-state index contributed by atoms with van der Waals surface area (Å²) in [7, 11) is 0. The first-order chi connectivity index (χ1) is 24.8.